The van der Waals surface area contributed by atoms with Crippen LogP contribution in [0.4, 0.5) is 5.13 Å². The second-order valence-corrected chi connectivity index (χ2v) is 7.67. The van der Waals surface area contributed by atoms with E-state index >= 15 is 0 Å². The molecule has 0 aliphatic heterocycles. The Morgan fingerprint density at radius 1 is 1.41 bits per heavy atom. The average molecular weight is 351 g/mol. The third-order valence-electron chi connectivity index (χ3n) is 3.60. The minimum Gasteiger partial charge on any atom is -0.469 e. The number of thiophene rings is 1. The summed E-state index contributed by atoms with van der Waals surface area (Å²) in [6.07, 6.45) is 2.47. The number of hydrogen-bond donors (Lipinski definition) is 1. The van der Waals surface area contributed by atoms with E-state index in [0.717, 1.165) is 27.1 Å². The third kappa shape index (κ3) is 2.69. The van der Waals surface area contributed by atoms with Crippen LogP contribution in [0.25, 0.3) is 10.6 Å². The summed E-state index contributed by atoms with van der Waals surface area (Å²) in [6, 6.07) is 7.54. The summed E-state index contributed by atoms with van der Waals surface area (Å²) in [7, 11) is 0. The molecule has 0 unspecified atom stereocenters. The van der Waals surface area contributed by atoms with Crippen molar-refractivity contribution in [2.75, 3.05) is 5.32 Å². The topological polar surface area (TPSA) is 55.1 Å². The number of rotatable bonds is 4. The van der Waals surface area contributed by atoms with E-state index < -0.39 is 0 Å². The second-order valence-electron chi connectivity index (χ2n) is 5.10. The van der Waals surface area contributed by atoms with Crippen LogP contribution >= 0.6 is 34.3 Å². The van der Waals surface area contributed by atoms with Crippen molar-refractivity contribution in [3.8, 4) is 10.6 Å². The van der Waals surface area contributed by atoms with Crippen LogP contribution in [-0.2, 0) is 4.79 Å². The molecule has 4 rings (SSSR count). The highest BCUT2D eigenvalue weighted by Crippen LogP contribution is 2.48. The third-order valence-corrected chi connectivity index (χ3v) is 5.61. The van der Waals surface area contributed by atoms with Gasteiger partial charge in [0, 0.05) is 17.2 Å². The largest absolute Gasteiger partial charge is 0.469 e. The Bertz CT molecular complexity index is 809. The summed E-state index contributed by atoms with van der Waals surface area (Å²) in [5, 5.41) is 5.44. The molecule has 1 amide bonds. The van der Waals surface area contributed by atoms with Crippen molar-refractivity contribution in [2.24, 2.45) is 5.92 Å². The van der Waals surface area contributed by atoms with Gasteiger partial charge in [-0.15, -0.1) is 22.7 Å². The number of nitrogens with one attached hydrogen (secondary N) is 1. The fourth-order valence-electron chi connectivity index (χ4n) is 2.40. The predicted octanol–water partition coefficient (Wildman–Crippen LogP) is 4.86. The molecule has 1 aliphatic carbocycles. The van der Waals surface area contributed by atoms with E-state index in [0.29, 0.717) is 5.13 Å². The highest BCUT2D eigenvalue weighted by Gasteiger charge is 2.46. The minimum atomic E-state index is -0.0188. The van der Waals surface area contributed by atoms with Crippen molar-refractivity contribution < 1.29 is 9.21 Å². The van der Waals surface area contributed by atoms with E-state index in [1.165, 1.54) is 22.7 Å². The van der Waals surface area contributed by atoms with Gasteiger partial charge in [-0.3, -0.25) is 4.79 Å². The zero-order valence-electron chi connectivity index (χ0n) is 11.3. The van der Waals surface area contributed by atoms with Crippen molar-refractivity contribution >= 4 is 45.3 Å². The summed E-state index contributed by atoms with van der Waals surface area (Å²) in [6.45, 7) is 0. The molecule has 1 fully saturated rings. The number of hydrogen-bond acceptors (Lipinski definition) is 5. The maximum atomic E-state index is 12.2. The first-order valence-corrected chi connectivity index (χ1v) is 8.83. The standard InChI is InChI=1S/C15H11ClN2O2S2/c16-13-4-3-12(22-13)10-7-21-15(17-10)18-14(19)9-6-8(9)11-2-1-5-20-11/h1-5,7-9H,6H2,(H,17,18,19)/t8-,9-/m0/s1. The van der Waals surface area contributed by atoms with E-state index in [-0.39, 0.29) is 17.7 Å². The Kier molecular flexibility index (Phi) is 3.52. The zero-order chi connectivity index (χ0) is 15.1. The fourth-order valence-corrected chi connectivity index (χ4v) is 4.19. The van der Waals surface area contributed by atoms with Crippen LogP contribution < -0.4 is 5.32 Å². The number of amides is 1. The monoisotopic (exact) mass is 350 g/mol. The molecule has 22 heavy (non-hydrogen) atoms. The maximum absolute atomic E-state index is 12.2. The predicted molar refractivity (Wildman–Crippen MR) is 88.6 cm³/mol. The summed E-state index contributed by atoms with van der Waals surface area (Å²) in [5.74, 6) is 1.07. The van der Waals surface area contributed by atoms with Gasteiger partial charge in [-0.1, -0.05) is 11.6 Å². The van der Waals surface area contributed by atoms with Gasteiger partial charge in [-0.2, -0.15) is 0 Å². The Morgan fingerprint density at radius 2 is 2.32 bits per heavy atom. The molecule has 3 aromatic rings. The van der Waals surface area contributed by atoms with E-state index in [1.54, 1.807) is 6.26 Å². The molecule has 4 nitrogen and oxygen atoms in total. The molecule has 0 radical (unpaired) electrons. The lowest BCUT2D eigenvalue weighted by atomic mass is 10.2. The molecule has 0 saturated heterocycles. The first kappa shape index (κ1) is 14.0. The molecule has 0 bridgehead atoms. The molecule has 2 atom stereocenters. The van der Waals surface area contributed by atoms with Gasteiger partial charge in [0.1, 0.15) is 5.76 Å². The van der Waals surface area contributed by atoms with Crippen molar-refractivity contribution in [1.29, 1.82) is 0 Å². The molecule has 0 aromatic carbocycles. The van der Waals surface area contributed by atoms with Crippen LogP contribution in [0.1, 0.15) is 18.1 Å². The number of halogens is 1. The molecule has 3 heterocycles. The summed E-state index contributed by atoms with van der Waals surface area (Å²) in [4.78, 5) is 17.7. The summed E-state index contributed by atoms with van der Waals surface area (Å²) < 4.78 is 6.08. The SMILES string of the molecule is O=C(Nc1nc(-c2ccc(Cl)s2)cs1)[C@H]1C[C@@H]1c1ccco1. The number of thiazole rings is 1. The van der Waals surface area contributed by atoms with Gasteiger partial charge in [0.05, 0.1) is 21.2 Å². The van der Waals surface area contributed by atoms with Crippen molar-refractivity contribution in [3.63, 3.8) is 0 Å². The highest BCUT2D eigenvalue weighted by atomic mass is 35.5. The number of anilines is 1. The van der Waals surface area contributed by atoms with Crippen molar-refractivity contribution in [1.82, 2.24) is 4.98 Å². The smallest absolute Gasteiger partial charge is 0.230 e. The Labute approximate surface area is 139 Å². The van der Waals surface area contributed by atoms with Crippen LogP contribution in [0.5, 0.6) is 0 Å². The summed E-state index contributed by atoms with van der Waals surface area (Å²) >= 11 is 8.83. The first-order chi connectivity index (χ1) is 10.7. The molecule has 1 N–H and O–H groups in total. The lowest BCUT2D eigenvalue weighted by Gasteiger charge is -1.99. The molecule has 7 heteroatoms. The van der Waals surface area contributed by atoms with Gasteiger partial charge in [0.2, 0.25) is 5.91 Å². The van der Waals surface area contributed by atoms with Gasteiger partial charge < -0.3 is 9.73 Å². The lowest BCUT2D eigenvalue weighted by Crippen LogP contribution is -2.14. The lowest BCUT2D eigenvalue weighted by molar-refractivity contribution is -0.117. The van der Waals surface area contributed by atoms with Gasteiger partial charge in [-0.05, 0) is 30.7 Å². The van der Waals surface area contributed by atoms with Gasteiger partial charge >= 0.3 is 0 Å². The van der Waals surface area contributed by atoms with E-state index in [9.17, 15) is 4.79 Å². The Balaban J connectivity index is 1.42. The first-order valence-electron chi connectivity index (χ1n) is 6.76. The quantitative estimate of drug-likeness (QED) is 0.731. The Morgan fingerprint density at radius 3 is 3.05 bits per heavy atom. The molecule has 1 aliphatic rings. The highest BCUT2D eigenvalue weighted by molar-refractivity contribution is 7.20. The van der Waals surface area contributed by atoms with Crippen LogP contribution in [-0.4, -0.2) is 10.9 Å². The molecule has 0 spiro atoms. The number of furan rings is 1. The van der Waals surface area contributed by atoms with Crippen LogP contribution in [0.3, 0.4) is 0 Å². The van der Waals surface area contributed by atoms with Crippen LogP contribution in [0.2, 0.25) is 4.34 Å². The fraction of sp³-hybridized carbons (Fsp3) is 0.200. The van der Waals surface area contributed by atoms with Crippen molar-refractivity contribution in [2.45, 2.75) is 12.3 Å². The van der Waals surface area contributed by atoms with Crippen LogP contribution in [0, 0.1) is 5.92 Å². The molecular formula is C15H11ClN2O2S2. The minimum absolute atomic E-state index is 0.00603. The molecule has 3 aromatic heterocycles. The zero-order valence-corrected chi connectivity index (χ0v) is 13.7. The van der Waals surface area contributed by atoms with Gasteiger partial charge in [0.25, 0.3) is 0 Å². The van der Waals surface area contributed by atoms with E-state index in [4.69, 9.17) is 16.0 Å². The van der Waals surface area contributed by atoms with E-state index in [2.05, 4.69) is 10.3 Å². The second kappa shape index (κ2) is 5.53. The number of nitrogens with zero attached hydrogens (tertiary/aromatic N) is 1. The normalized spacial score (nSPS) is 20.0. The van der Waals surface area contributed by atoms with Crippen molar-refractivity contribution in [3.05, 3.63) is 46.0 Å². The summed E-state index contributed by atoms with van der Waals surface area (Å²) in [5.41, 5.74) is 0.843. The number of carbonyl (C=O) groups is 1. The number of aromatic nitrogens is 1. The maximum Gasteiger partial charge on any atom is 0.230 e. The molecule has 112 valence electrons. The Hall–Kier alpha value is -1.63. The number of carbonyl (C=O) groups excluding carboxylic acids is 1. The molecule has 1 saturated carbocycles. The van der Waals surface area contributed by atoms with Gasteiger partial charge in [-0.25, -0.2) is 4.98 Å². The molecular weight excluding hydrogens is 340 g/mol. The average Bonchev–Trinajstić information content (AvgIpc) is 2.94. The van der Waals surface area contributed by atoms with E-state index in [1.807, 2.05) is 29.6 Å². The van der Waals surface area contributed by atoms with Gasteiger partial charge in [0.15, 0.2) is 5.13 Å². The van der Waals surface area contributed by atoms with Crippen LogP contribution in [0.15, 0.2) is 40.3 Å².